The van der Waals surface area contributed by atoms with E-state index in [2.05, 4.69) is 20.7 Å². The van der Waals surface area contributed by atoms with Crippen LogP contribution in [-0.4, -0.2) is 31.9 Å². The van der Waals surface area contributed by atoms with Gasteiger partial charge in [-0.3, -0.25) is 9.55 Å². The van der Waals surface area contributed by atoms with Crippen molar-refractivity contribution in [3.8, 4) is 11.5 Å². The van der Waals surface area contributed by atoms with Gasteiger partial charge >= 0.3 is 11.7 Å². The van der Waals surface area contributed by atoms with Crippen molar-refractivity contribution in [1.82, 2.24) is 24.6 Å². The molecule has 0 aliphatic heterocycles. The van der Waals surface area contributed by atoms with Crippen molar-refractivity contribution in [1.29, 1.82) is 0 Å². The number of nitrogens with one attached hydrogen (secondary N) is 2. The molecule has 0 saturated heterocycles. The zero-order valence-corrected chi connectivity index (χ0v) is 14.0. The molecule has 0 radical (unpaired) electrons. The molecule has 0 aliphatic carbocycles. The molecule has 26 heavy (non-hydrogen) atoms. The van der Waals surface area contributed by atoms with Gasteiger partial charge in [0.2, 0.25) is 0 Å². The van der Waals surface area contributed by atoms with Crippen LogP contribution in [0.1, 0.15) is 0 Å². The van der Waals surface area contributed by atoms with Gasteiger partial charge in [-0.15, -0.1) is 5.10 Å². The molecule has 0 unspecified atom stereocenters. The van der Waals surface area contributed by atoms with Crippen molar-refractivity contribution in [2.75, 3.05) is 11.9 Å². The summed E-state index contributed by atoms with van der Waals surface area (Å²) in [5, 5.41) is 9.21. The zero-order chi connectivity index (χ0) is 18.5. The number of para-hydroxylation sites is 1. The number of hydrogen-bond acceptors (Lipinski definition) is 4. The number of benzene rings is 1. The quantitative estimate of drug-likeness (QED) is 0.726. The van der Waals surface area contributed by atoms with Crippen LogP contribution in [0.4, 0.5) is 14.9 Å². The lowest BCUT2D eigenvalue weighted by atomic mass is 10.3. The highest BCUT2D eigenvalue weighted by Crippen LogP contribution is 2.12. The third-order valence-electron chi connectivity index (χ3n) is 3.67. The fourth-order valence-corrected chi connectivity index (χ4v) is 2.36. The standard InChI is InChI=1S/C17H17FN6O2/c1-23-15(14-8-4-5-9-19-14)22-24(17(23)26)11-10-20-16(25)21-13-7-3-2-6-12(13)18/h2-9H,10-11H2,1H3,(H2,20,21,25). The van der Waals surface area contributed by atoms with Gasteiger partial charge in [0.25, 0.3) is 0 Å². The maximum absolute atomic E-state index is 13.5. The summed E-state index contributed by atoms with van der Waals surface area (Å²) >= 11 is 0. The summed E-state index contributed by atoms with van der Waals surface area (Å²) in [5.74, 6) is -0.0880. The second-order valence-electron chi connectivity index (χ2n) is 5.46. The van der Waals surface area contributed by atoms with E-state index in [0.717, 1.165) is 0 Å². The summed E-state index contributed by atoms with van der Waals surface area (Å²) in [4.78, 5) is 28.2. The van der Waals surface area contributed by atoms with Crippen LogP contribution in [-0.2, 0) is 13.6 Å². The second kappa shape index (κ2) is 7.60. The molecule has 0 aliphatic rings. The molecule has 134 valence electrons. The molecule has 3 rings (SSSR count). The van der Waals surface area contributed by atoms with Gasteiger partial charge in [-0.25, -0.2) is 18.7 Å². The summed E-state index contributed by atoms with van der Waals surface area (Å²) in [6, 6.07) is 10.6. The monoisotopic (exact) mass is 356 g/mol. The molecule has 1 aromatic carbocycles. The largest absolute Gasteiger partial charge is 0.346 e. The van der Waals surface area contributed by atoms with Crippen molar-refractivity contribution >= 4 is 11.7 Å². The van der Waals surface area contributed by atoms with Gasteiger partial charge < -0.3 is 10.6 Å². The molecular formula is C17H17FN6O2. The Morgan fingerprint density at radius 1 is 1.19 bits per heavy atom. The highest BCUT2D eigenvalue weighted by Gasteiger charge is 2.13. The number of halogens is 1. The first kappa shape index (κ1) is 17.3. The van der Waals surface area contributed by atoms with Gasteiger partial charge in [0.15, 0.2) is 5.82 Å². The highest BCUT2D eigenvalue weighted by molar-refractivity contribution is 5.89. The number of anilines is 1. The van der Waals surface area contributed by atoms with Crippen LogP contribution in [0.5, 0.6) is 0 Å². The molecule has 2 heterocycles. The fourth-order valence-electron chi connectivity index (χ4n) is 2.36. The first-order valence-corrected chi connectivity index (χ1v) is 7.91. The number of carbonyl (C=O) groups is 1. The van der Waals surface area contributed by atoms with Gasteiger partial charge in [0.1, 0.15) is 11.5 Å². The smallest absolute Gasteiger partial charge is 0.336 e. The van der Waals surface area contributed by atoms with Crippen LogP contribution in [0, 0.1) is 5.82 Å². The molecule has 9 heteroatoms. The lowest BCUT2D eigenvalue weighted by Gasteiger charge is -2.07. The SMILES string of the molecule is Cn1c(-c2ccccn2)nn(CCNC(=O)Nc2ccccc2F)c1=O. The van der Waals surface area contributed by atoms with Gasteiger partial charge in [-0.05, 0) is 24.3 Å². The van der Waals surface area contributed by atoms with E-state index in [9.17, 15) is 14.0 Å². The first-order chi connectivity index (χ1) is 12.6. The summed E-state index contributed by atoms with van der Waals surface area (Å²) in [7, 11) is 1.61. The van der Waals surface area contributed by atoms with Crippen LogP contribution in [0.25, 0.3) is 11.5 Å². The Morgan fingerprint density at radius 2 is 1.96 bits per heavy atom. The normalized spacial score (nSPS) is 10.5. The summed E-state index contributed by atoms with van der Waals surface area (Å²) < 4.78 is 16.1. The Morgan fingerprint density at radius 3 is 2.69 bits per heavy atom. The predicted octanol–water partition coefficient (Wildman–Crippen LogP) is 1.60. The molecule has 8 nitrogen and oxygen atoms in total. The van der Waals surface area contributed by atoms with Gasteiger partial charge in [-0.1, -0.05) is 18.2 Å². The van der Waals surface area contributed by atoms with E-state index < -0.39 is 11.8 Å². The molecule has 0 spiro atoms. The number of pyridine rings is 1. The Bertz CT molecular complexity index is 967. The molecular weight excluding hydrogens is 339 g/mol. The molecule has 2 amide bonds. The third-order valence-corrected chi connectivity index (χ3v) is 3.67. The van der Waals surface area contributed by atoms with Gasteiger partial charge in [0.05, 0.1) is 12.2 Å². The lowest BCUT2D eigenvalue weighted by Crippen LogP contribution is -2.34. The van der Waals surface area contributed by atoms with E-state index >= 15 is 0 Å². The van der Waals surface area contributed by atoms with Gasteiger partial charge in [0, 0.05) is 19.8 Å². The van der Waals surface area contributed by atoms with Crippen LogP contribution >= 0.6 is 0 Å². The van der Waals surface area contributed by atoms with E-state index in [0.29, 0.717) is 11.5 Å². The number of hydrogen-bond donors (Lipinski definition) is 2. The fraction of sp³-hybridized carbons (Fsp3) is 0.176. The Hall–Kier alpha value is -3.49. The van der Waals surface area contributed by atoms with Crippen molar-refractivity contribution in [3.63, 3.8) is 0 Å². The van der Waals surface area contributed by atoms with Gasteiger partial charge in [-0.2, -0.15) is 0 Å². The molecule has 0 bridgehead atoms. The summed E-state index contributed by atoms with van der Waals surface area (Å²) in [5.41, 5.74) is 0.343. The molecule has 2 aromatic heterocycles. The minimum Gasteiger partial charge on any atom is -0.336 e. The Kier molecular flexibility index (Phi) is 5.07. The summed E-state index contributed by atoms with van der Waals surface area (Å²) in [6.45, 7) is 0.322. The van der Waals surface area contributed by atoms with Crippen molar-refractivity contribution in [2.24, 2.45) is 7.05 Å². The molecule has 0 fully saturated rings. The number of urea groups is 1. The van der Waals surface area contributed by atoms with E-state index in [1.165, 1.54) is 27.4 Å². The van der Waals surface area contributed by atoms with E-state index in [1.54, 1.807) is 37.5 Å². The second-order valence-corrected chi connectivity index (χ2v) is 5.46. The molecule has 3 aromatic rings. The maximum atomic E-state index is 13.5. The van der Waals surface area contributed by atoms with E-state index in [-0.39, 0.29) is 24.5 Å². The average molecular weight is 356 g/mol. The van der Waals surface area contributed by atoms with Crippen LogP contribution in [0.3, 0.4) is 0 Å². The van der Waals surface area contributed by atoms with Crippen LogP contribution in [0.15, 0.2) is 53.5 Å². The molecule has 0 saturated carbocycles. The van der Waals surface area contributed by atoms with Crippen molar-refractivity contribution in [3.05, 3.63) is 65.0 Å². The lowest BCUT2D eigenvalue weighted by molar-refractivity contribution is 0.251. The third kappa shape index (κ3) is 3.77. The number of nitrogens with zero attached hydrogens (tertiary/aromatic N) is 4. The van der Waals surface area contributed by atoms with Crippen molar-refractivity contribution < 1.29 is 9.18 Å². The van der Waals surface area contributed by atoms with E-state index in [4.69, 9.17) is 0 Å². The number of carbonyl (C=O) groups excluding carboxylic acids is 1. The number of amides is 2. The van der Waals surface area contributed by atoms with Crippen molar-refractivity contribution in [2.45, 2.75) is 6.54 Å². The molecule has 2 N–H and O–H groups in total. The predicted molar refractivity (Wildman–Crippen MR) is 94.1 cm³/mol. The zero-order valence-electron chi connectivity index (χ0n) is 14.0. The minimum atomic E-state index is -0.566. The Labute approximate surface area is 148 Å². The highest BCUT2D eigenvalue weighted by atomic mass is 19.1. The number of rotatable bonds is 5. The van der Waals surface area contributed by atoms with E-state index in [1.807, 2.05) is 0 Å². The average Bonchev–Trinajstić information content (AvgIpc) is 2.93. The maximum Gasteiger partial charge on any atom is 0.346 e. The topological polar surface area (TPSA) is 93.8 Å². The first-order valence-electron chi connectivity index (χ1n) is 7.91. The minimum absolute atomic E-state index is 0.0810. The summed E-state index contributed by atoms with van der Waals surface area (Å²) in [6.07, 6.45) is 1.62. The molecule has 0 atom stereocenters. The Balaban J connectivity index is 1.61. The van der Waals surface area contributed by atoms with Crippen LogP contribution < -0.4 is 16.3 Å². The van der Waals surface area contributed by atoms with Crippen LogP contribution in [0.2, 0.25) is 0 Å². The number of aromatic nitrogens is 4.